The van der Waals surface area contributed by atoms with E-state index in [2.05, 4.69) is 33.8 Å². The van der Waals surface area contributed by atoms with Gasteiger partial charge in [0, 0.05) is 30.2 Å². The molecule has 0 amide bonds. The van der Waals surface area contributed by atoms with E-state index in [1.165, 1.54) is 0 Å². The third-order valence-electron chi connectivity index (χ3n) is 7.27. The van der Waals surface area contributed by atoms with Crippen LogP contribution in [0.2, 0.25) is 0 Å². The summed E-state index contributed by atoms with van der Waals surface area (Å²) in [6.45, 7) is 8.44. The zero-order valence-electron chi connectivity index (χ0n) is 16.9. The summed E-state index contributed by atoms with van der Waals surface area (Å²) in [7, 11) is 0. The van der Waals surface area contributed by atoms with Gasteiger partial charge in [0.1, 0.15) is 17.3 Å². The predicted molar refractivity (Wildman–Crippen MR) is 105 cm³/mol. The van der Waals surface area contributed by atoms with Crippen LogP contribution in [-0.2, 0) is 10.2 Å². The topological polar surface area (TPSA) is 81.3 Å². The minimum Gasteiger partial charge on any atom is -0.508 e. The minimum absolute atomic E-state index is 0.0580. The van der Waals surface area contributed by atoms with Crippen LogP contribution in [0.15, 0.2) is 12.1 Å². The lowest BCUT2D eigenvalue weighted by molar-refractivity contribution is -0.151. The van der Waals surface area contributed by atoms with E-state index < -0.39 is 0 Å². The molecule has 3 fully saturated rings. The molecule has 2 N–H and O–H groups in total. The number of hydrogen-bond donors (Lipinski definition) is 2. The largest absolute Gasteiger partial charge is 0.508 e. The highest BCUT2D eigenvalue weighted by Crippen LogP contribution is 2.64. The van der Waals surface area contributed by atoms with Gasteiger partial charge in [0.05, 0.1) is 6.07 Å². The van der Waals surface area contributed by atoms with Crippen molar-refractivity contribution in [2.45, 2.75) is 77.6 Å². The highest BCUT2D eigenvalue weighted by Gasteiger charge is 2.59. The Balaban J connectivity index is 1.86. The van der Waals surface area contributed by atoms with Gasteiger partial charge in [-0.15, -0.1) is 0 Å². The number of carbonyl (C=O) groups excluding carboxylic acids is 1. The normalized spacial score (nSPS) is 26.3. The maximum atomic E-state index is 12.5. The van der Waals surface area contributed by atoms with Gasteiger partial charge < -0.3 is 10.2 Å². The predicted octanol–water partition coefficient (Wildman–Crippen LogP) is 5.18. The van der Waals surface area contributed by atoms with Crippen LogP contribution in [0.5, 0.6) is 11.5 Å². The molecule has 1 aromatic rings. The second-order valence-corrected chi connectivity index (χ2v) is 9.67. The van der Waals surface area contributed by atoms with Gasteiger partial charge in [-0.25, -0.2) is 0 Å². The van der Waals surface area contributed by atoms with Crippen molar-refractivity contribution in [1.82, 2.24) is 0 Å². The molecule has 2 bridgehead atoms. The number of hydrogen-bond acceptors (Lipinski definition) is 4. The van der Waals surface area contributed by atoms with Crippen molar-refractivity contribution in [2.75, 3.05) is 0 Å². The molecule has 0 spiro atoms. The van der Waals surface area contributed by atoms with Crippen LogP contribution in [0, 0.1) is 28.6 Å². The average molecular weight is 370 g/mol. The van der Waals surface area contributed by atoms with Crippen molar-refractivity contribution in [2.24, 2.45) is 17.3 Å². The van der Waals surface area contributed by atoms with Crippen molar-refractivity contribution >= 4 is 5.78 Å². The lowest BCUT2D eigenvalue weighted by Gasteiger charge is -2.59. The summed E-state index contributed by atoms with van der Waals surface area (Å²) < 4.78 is 0. The number of nitriles is 1. The average Bonchev–Trinajstić information content (AvgIpc) is 2.57. The van der Waals surface area contributed by atoms with Crippen molar-refractivity contribution in [3.05, 3.63) is 23.3 Å². The molecule has 3 saturated carbocycles. The van der Waals surface area contributed by atoms with Gasteiger partial charge >= 0.3 is 0 Å². The summed E-state index contributed by atoms with van der Waals surface area (Å²) in [5.41, 5.74) is 1.18. The lowest BCUT2D eigenvalue weighted by atomic mass is 9.44. The molecule has 0 radical (unpaired) electrons. The Hall–Kier alpha value is -2.02. The highest BCUT2D eigenvalue weighted by molar-refractivity contribution is 5.86. The molecule has 0 heterocycles. The number of phenols is 2. The molecular weight excluding hydrogens is 338 g/mol. The standard InChI is InChI=1S/C23H31NO3/c1-22(2,8-6-5-7-9-24)14-10-19(26)21(20(27)11-14)15-12-18(25)17-13-16(15)23(17,3)4/h10-11,15-17,26-27H,5-8,12-13H2,1-4H3/t15-,16-,17+/m0/s1. The smallest absolute Gasteiger partial charge is 0.137 e. The van der Waals surface area contributed by atoms with E-state index in [4.69, 9.17) is 5.26 Å². The van der Waals surface area contributed by atoms with Crippen LogP contribution in [0.25, 0.3) is 0 Å². The quantitative estimate of drug-likeness (QED) is 0.677. The van der Waals surface area contributed by atoms with Gasteiger partial charge in [-0.3, -0.25) is 4.79 Å². The second kappa shape index (κ2) is 6.86. The number of phenolic OH excluding ortho intramolecular Hbond substituents is 2. The Morgan fingerprint density at radius 2 is 1.85 bits per heavy atom. The maximum absolute atomic E-state index is 12.5. The minimum atomic E-state index is -0.202. The third-order valence-corrected chi connectivity index (χ3v) is 7.27. The van der Waals surface area contributed by atoms with Crippen LogP contribution in [0.3, 0.4) is 0 Å². The molecule has 0 aliphatic heterocycles. The summed E-state index contributed by atoms with van der Waals surface area (Å²) in [5.74, 6) is 0.818. The van der Waals surface area contributed by atoms with Crippen LogP contribution < -0.4 is 0 Å². The van der Waals surface area contributed by atoms with E-state index >= 15 is 0 Å². The molecule has 1 aromatic carbocycles. The third kappa shape index (κ3) is 3.33. The lowest BCUT2D eigenvalue weighted by Crippen LogP contribution is -2.56. The summed E-state index contributed by atoms with van der Waals surface area (Å²) in [6, 6.07) is 5.70. The van der Waals surface area contributed by atoms with E-state index in [0.29, 0.717) is 24.3 Å². The fraction of sp³-hybridized carbons (Fsp3) is 0.652. The molecule has 3 aliphatic carbocycles. The van der Waals surface area contributed by atoms with Crippen LogP contribution in [0.1, 0.15) is 83.3 Å². The number of nitrogens with zero attached hydrogens (tertiary/aromatic N) is 1. The Labute approximate surface area is 162 Å². The van der Waals surface area contributed by atoms with E-state index in [9.17, 15) is 15.0 Å². The number of benzene rings is 1. The highest BCUT2D eigenvalue weighted by atomic mass is 16.3. The van der Waals surface area contributed by atoms with Gasteiger partial charge in [-0.2, -0.15) is 5.26 Å². The summed E-state index contributed by atoms with van der Waals surface area (Å²) in [5, 5.41) is 30.2. The van der Waals surface area contributed by atoms with Crippen LogP contribution in [0.4, 0.5) is 0 Å². The van der Waals surface area contributed by atoms with Gasteiger partial charge in [0.2, 0.25) is 0 Å². The monoisotopic (exact) mass is 369 g/mol. The SMILES string of the molecule is CC(C)(CCCCC#N)c1cc(O)c([C@H]2CC(=O)[C@H]3C[C@@H]2C3(C)C)c(O)c1. The fourth-order valence-corrected chi connectivity index (χ4v) is 5.30. The Morgan fingerprint density at radius 1 is 1.22 bits per heavy atom. The van der Waals surface area contributed by atoms with Crippen molar-refractivity contribution in [1.29, 1.82) is 5.26 Å². The Morgan fingerprint density at radius 3 is 2.37 bits per heavy atom. The molecule has 3 aliphatic rings. The molecule has 4 nitrogen and oxygen atoms in total. The first-order valence-corrected chi connectivity index (χ1v) is 10.1. The first-order chi connectivity index (χ1) is 12.6. The summed E-state index contributed by atoms with van der Waals surface area (Å²) in [6.07, 6.45) is 4.50. The van der Waals surface area contributed by atoms with E-state index in [1.807, 2.05) is 0 Å². The van der Waals surface area contributed by atoms with Crippen molar-refractivity contribution in [3.8, 4) is 17.6 Å². The number of Topliss-reactive ketones (excluding diaryl/α,β-unsaturated/α-hetero) is 1. The van der Waals surface area contributed by atoms with Gasteiger partial charge in [0.25, 0.3) is 0 Å². The second-order valence-electron chi connectivity index (χ2n) is 9.67. The molecule has 0 saturated heterocycles. The van der Waals surface area contributed by atoms with Gasteiger partial charge in [-0.1, -0.05) is 34.1 Å². The summed E-state index contributed by atoms with van der Waals surface area (Å²) >= 11 is 0. The van der Waals surface area contributed by atoms with Crippen molar-refractivity contribution in [3.63, 3.8) is 0 Å². The number of aromatic hydroxyl groups is 2. The summed E-state index contributed by atoms with van der Waals surface area (Å²) in [4.78, 5) is 12.5. The molecule has 3 atom stereocenters. The van der Waals surface area contributed by atoms with E-state index in [1.54, 1.807) is 12.1 Å². The van der Waals surface area contributed by atoms with Crippen LogP contribution in [-0.4, -0.2) is 16.0 Å². The molecule has 0 aromatic heterocycles. The number of rotatable bonds is 6. The number of fused-ring (bicyclic) bond motifs is 2. The number of ketones is 1. The molecule has 27 heavy (non-hydrogen) atoms. The van der Waals surface area contributed by atoms with Gasteiger partial charge in [0.15, 0.2) is 0 Å². The molecule has 4 rings (SSSR count). The Kier molecular flexibility index (Phi) is 5.01. The first kappa shape index (κ1) is 19.7. The Bertz CT molecular complexity index is 764. The zero-order chi connectivity index (χ0) is 20.0. The fourth-order valence-electron chi connectivity index (χ4n) is 5.30. The molecule has 146 valence electrons. The van der Waals surface area contributed by atoms with Crippen molar-refractivity contribution < 1.29 is 15.0 Å². The van der Waals surface area contributed by atoms with Crippen LogP contribution >= 0.6 is 0 Å². The maximum Gasteiger partial charge on any atom is 0.137 e. The number of carbonyl (C=O) groups is 1. The van der Waals surface area contributed by atoms with E-state index in [-0.39, 0.29) is 39.9 Å². The zero-order valence-corrected chi connectivity index (χ0v) is 16.9. The molecule has 0 unspecified atom stereocenters. The van der Waals surface area contributed by atoms with Gasteiger partial charge in [-0.05, 0) is 53.7 Å². The molecular formula is C23H31NO3. The number of unbranched alkanes of at least 4 members (excludes halogenated alkanes) is 2. The molecule has 4 heteroatoms. The van der Waals surface area contributed by atoms with E-state index in [0.717, 1.165) is 31.2 Å². The first-order valence-electron chi connectivity index (χ1n) is 10.1.